The van der Waals surface area contributed by atoms with Crippen LogP contribution in [0.4, 0.5) is 17.1 Å². The fourth-order valence-electron chi connectivity index (χ4n) is 11.3. The van der Waals surface area contributed by atoms with Crippen LogP contribution in [0.15, 0.2) is 138 Å². The van der Waals surface area contributed by atoms with E-state index in [1.807, 2.05) is 0 Å². The largest absolute Gasteiger partial charge is 0.456 e. The van der Waals surface area contributed by atoms with Gasteiger partial charge in [0.1, 0.15) is 11.2 Å². The Balaban J connectivity index is 1.15. The number of benzene rings is 6. The monoisotopic (exact) mass is 633 g/mol. The maximum atomic E-state index is 6.30. The van der Waals surface area contributed by atoms with E-state index in [4.69, 9.17) is 4.42 Å². The van der Waals surface area contributed by atoms with Gasteiger partial charge < -0.3 is 9.32 Å². The van der Waals surface area contributed by atoms with Gasteiger partial charge >= 0.3 is 0 Å². The smallest absolute Gasteiger partial charge is 0.135 e. The molecule has 2 heteroatoms. The fraction of sp³-hybridized carbons (Fsp3) is 0.234. The van der Waals surface area contributed by atoms with E-state index in [9.17, 15) is 0 Å². The molecule has 0 saturated heterocycles. The Kier molecular flexibility index (Phi) is 5.80. The van der Waals surface area contributed by atoms with Crippen LogP contribution in [0.3, 0.4) is 0 Å². The Labute approximate surface area is 288 Å². The lowest BCUT2D eigenvalue weighted by atomic mass is 9.43. The van der Waals surface area contributed by atoms with Crippen LogP contribution in [0.5, 0.6) is 0 Å². The van der Waals surface area contributed by atoms with Crippen molar-refractivity contribution in [2.45, 2.75) is 44.4 Å². The van der Waals surface area contributed by atoms with Gasteiger partial charge in [-0.3, -0.25) is 0 Å². The summed E-state index contributed by atoms with van der Waals surface area (Å²) in [7, 11) is 0. The van der Waals surface area contributed by atoms with Gasteiger partial charge in [-0.2, -0.15) is 0 Å². The highest BCUT2D eigenvalue weighted by molar-refractivity contribution is 6.07. The number of furan rings is 1. The maximum Gasteiger partial charge on any atom is 0.135 e. The molecule has 4 bridgehead atoms. The molecule has 2 nitrogen and oxygen atoms in total. The minimum absolute atomic E-state index is 0.126. The third-order valence-electron chi connectivity index (χ3n) is 12.9. The zero-order valence-electron chi connectivity index (χ0n) is 27.9. The van der Waals surface area contributed by atoms with Crippen LogP contribution >= 0.6 is 0 Å². The SMILES string of the molecule is Cc1cccc(-c2ccc(N(c3ccc4oc5ccccc5c4c3)c3cccc4c3-c3ccccc3C43C4CC5CC(C4)CC3C5)cc2)c1. The third-order valence-corrected chi connectivity index (χ3v) is 12.9. The lowest BCUT2D eigenvalue weighted by Gasteiger charge is -2.61. The molecule has 0 radical (unpaired) electrons. The number of anilines is 3. The molecule has 5 aliphatic rings. The summed E-state index contributed by atoms with van der Waals surface area (Å²) in [5.41, 5.74) is 15.4. The van der Waals surface area contributed by atoms with E-state index < -0.39 is 0 Å². The van der Waals surface area contributed by atoms with Gasteiger partial charge in [-0.15, -0.1) is 0 Å². The molecule has 49 heavy (non-hydrogen) atoms. The van der Waals surface area contributed by atoms with Crippen molar-refractivity contribution < 1.29 is 4.42 Å². The second kappa shape index (κ2) is 10.2. The highest BCUT2D eigenvalue weighted by Gasteiger charge is 2.61. The van der Waals surface area contributed by atoms with Gasteiger partial charge in [0.25, 0.3) is 0 Å². The molecule has 0 unspecified atom stereocenters. The molecule has 0 amide bonds. The van der Waals surface area contributed by atoms with Crippen molar-refractivity contribution in [3.8, 4) is 22.3 Å². The van der Waals surface area contributed by atoms with Gasteiger partial charge in [-0.1, -0.05) is 96.6 Å². The highest BCUT2D eigenvalue weighted by atomic mass is 16.3. The van der Waals surface area contributed by atoms with Crippen molar-refractivity contribution in [3.05, 3.63) is 150 Å². The fourth-order valence-corrected chi connectivity index (χ4v) is 11.3. The van der Waals surface area contributed by atoms with E-state index in [1.54, 1.807) is 11.1 Å². The predicted molar refractivity (Wildman–Crippen MR) is 202 cm³/mol. The quantitative estimate of drug-likeness (QED) is 0.192. The van der Waals surface area contributed by atoms with Crippen LogP contribution in [-0.2, 0) is 5.41 Å². The molecule has 5 aliphatic carbocycles. The molecule has 4 fully saturated rings. The number of fused-ring (bicyclic) bond motifs is 6. The Morgan fingerprint density at radius 1 is 0.551 bits per heavy atom. The summed E-state index contributed by atoms with van der Waals surface area (Å²) < 4.78 is 6.30. The minimum atomic E-state index is 0.126. The molecule has 1 aromatic heterocycles. The summed E-state index contributed by atoms with van der Waals surface area (Å²) in [6, 6.07) is 49.9. The molecule has 7 aromatic rings. The molecule has 4 saturated carbocycles. The van der Waals surface area contributed by atoms with E-state index in [2.05, 4.69) is 145 Å². The molecule has 12 rings (SSSR count). The van der Waals surface area contributed by atoms with E-state index in [1.165, 1.54) is 71.3 Å². The molecule has 1 spiro atoms. The number of rotatable bonds is 4. The number of nitrogens with zero attached hydrogens (tertiary/aromatic N) is 1. The molecular formula is C47H39NO. The van der Waals surface area contributed by atoms with Crippen LogP contribution in [-0.4, -0.2) is 0 Å². The minimum Gasteiger partial charge on any atom is -0.456 e. The topological polar surface area (TPSA) is 16.4 Å². The lowest BCUT2D eigenvalue weighted by molar-refractivity contribution is -0.0399. The lowest BCUT2D eigenvalue weighted by Crippen LogP contribution is -2.55. The predicted octanol–water partition coefficient (Wildman–Crippen LogP) is 12.8. The van der Waals surface area contributed by atoms with Crippen LogP contribution in [0.1, 0.15) is 48.8 Å². The summed E-state index contributed by atoms with van der Waals surface area (Å²) in [4.78, 5) is 2.52. The van der Waals surface area contributed by atoms with E-state index in [0.717, 1.165) is 51.3 Å². The van der Waals surface area contributed by atoms with Crippen LogP contribution in [0, 0.1) is 30.6 Å². The molecule has 0 atom stereocenters. The Bertz CT molecular complexity index is 2400. The van der Waals surface area contributed by atoms with Gasteiger partial charge in [-0.05, 0) is 133 Å². The summed E-state index contributed by atoms with van der Waals surface area (Å²) in [6.45, 7) is 2.17. The maximum absolute atomic E-state index is 6.30. The van der Waals surface area contributed by atoms with Crippen molar-refractivity contribution in [2.24, 2.45) is 23.7 Å². The average Bonchev–Trinajstić information content (AvgIpc) is 3.65. The molecule has 6 aromatic carbocycles. The second-order valence-electron chi connectivity index (χ2n) is 15.4. The van der Waals surface area contributed by atoms with Gasteiger partial charge in [0.05, 0.1) is 5.69 Å². The second-order valence-corrected chi connectivity index (χ2v) is 15.4. The Morgan fingerprint density at radius 3 is 2.06 bits per heavy atom. The third kappa shape index (κ3) is 3.89. The highest BCUT2D eigenvalue weighted by Crippen LogP contribution is 2.70. The first-order valence-electron chi connectivity index (χ1n) is 18.3. The van der Waals surface area contributed by atoms with Crippen LogP contribution in [0.25, 0.3) is 44.2 Å². The Morgan fingerprint density at radius 2 is 1.24 bits per heavy atom. The first-order chi connectivity index (χ1) is 24.1. The van der Waals surface area contributed by atoms with Crippen molar-refractivity contribution in [3.63, 3.8) is 0 Å². The van der Waals surface area contributed by atoms with Crippen molar-refractivity contribution in [2.75, 3.05) is 4.90 Å². The van der Waals surface area contributed by atoms with E-state index in [-0.39, 0.29) is 5.41 Å². The number of hydrogen-bond acceptors (Lipinski definition) is 2. The molecule has 238 valence electrons. The molecular weight excluding hydrogens is 595 g/mol. The van der Waals surface area contributed by atoms with Gasteiger partial charge in [0.15, 0.2) is 0 Å². The summed E-state index contributed by atoms with van der Waals surface area (Å²) >= 11 is 0. The van der Waals surface area contributed by atoms with Crippen molar-refractivity contribution in [1.29, 1.82) is 0 Å². The van der Waals surface area contributed by atoms with Gasteiger partial charge in [0, 0.05) is 33.1 Å². The van der Waals surface area contributed by atoms with Crippen molar-refractivity contribution in [1.82, 2.24) is 0 Å². The summed E-state index contributed by atoms with van der Waals surface area (Å²) in [5.74, 6) is 3.31. The number of para-hydroxylation sites is 1. The standard InChI is InChI=1S/C47H39NO/c1-29-8-6-9-33(22-29)32-16-18-36(19-17-32)48(37-20-21-45-40(28-37)38-10-3-5-15-44(38)49-45)43-14-7-13-42-46(43)39-11-2-4-12-41(39)47(42)34-24-30-23-31(26-34)27-35(47)25-30/h2-22,28,30-31,34-35H,23-27H2,1H3. The Hall–Kier alpha value is -5.08. The zero-order valence-corrected chi connectivity index (χ0v) is 27.9. The average molecular weight is 634 g/mol. The first kappa shape index (κ1) is 27.8. The zero-order chi connectivity index (χ0) is 32.3. The molecule has 0 N–H and O–H groups in total. The summed E-state index contributed by atoms with van der Waals surface area (Å²) in [6.07, 6.45) is 7.02. The number of aryl methyl sites for hydroxylation is 1. The van der Waals surface area contributed by atoms with Crippen LogP contribution in [0.2, 0.25) is 0 Å². The normalized spacial score (nSPS) is 24.5. The summed E-state index contributed by atoms with van der Waals surface area (Å²) in [5, 5.41) is 2.31. The van der Waals surface area contributed by atoms with E-state index in [0.29, 0.717) is 0 Å². The molecule has 0 aliphatic heterocycles. The first-order valence-corrected chi connectivity index (χ1v) is 18.3. The van der Waals surface area contributed by atoms with Gasteiger partial charge in [0.2, 0.25) is 0 Å². The molecule has 1 heterocycles. The van der Waals surface area contributed by atoms with Crippen LogP contribution < -0.4 is 4.90 Å². The van der Waals surface area contributed by atoms with Crippen molar-refractivity contribution >= 4 is 39.0 Å². The number of hydrogen-bond donors (Lipinski definition) is 0. The van der Waals surface area contributed by atoms with E-state index >= 15 is 0 Å². The van der Waals surface area contributed by atoms with Gasteiger partial charge in [-0.25, -0.2) is 0 Å².